The number of nitrogens with zero attached hydrogens (tertiary/aromatic N) is 1. The standard InChI is InChI=1S/C9H13ClN2S/c1-6(2)9(11)12-5-7-3-4-8(10)13-7/h3-4,6H,5H2,1-2H3,(H2,11,12). The molecule has 0 saturated heterocycles. The molecule has 0 unspecified atom stereocenters. The molecular formula is C9H13ClN2S. The van der Waals surface area contributed by atoms with Crippen molar-refractivity contribution in [2.24, 2.45) is 16.6 Å². The fraction of sp³-hybridized carbons (Fsp3) is 0.444. The molecule has 1 aromatic heterocycles. The maximum absolute atomic E-state index is 5.78. The Kier molecular flexibility index (Phi) is 3.75. The predicted molar refractivity (Wildman–Crippen MR) is 59.5 cm³/mol. The van der Waals surface area contributed by atoms with Gasteiger partial charge >= 0.3 is 0 Å². The number of thiophene rings is 1. The predicted octanol–water partition coefficient (Wildman–Crippen LogP) is 2.91. The zero-order valence-electron chi connectivity index (χ0n) is 7.75. The Balaban J connectivity index is 2.56. The third-order valence-electron chi connectivity index (χ3n) is 1.64. The van der Waals surface area contributed by atoms with E-state index in [0.717, 1.165) is 9.21 Å². The number of amidine groups is 1. The minimum atomic E-state index is 0.315. The number of aliphatic imine (C=N–C) groups is 1. The molecule has 2 N–H and O–H groups in total. The highest BCUT2D eigenvalue weighted by Gasteiger charge is 2.00. The van der Waals surface area contributed by atoms with Gasteiger partial charge in [0.05, 0.1) is 16.7 Å². The first-order chi connectivity index (χ1) is 6.09. The van der Waals surface area contributed by atoms with Crippen LogP contribution in [0.4, 0.5) is 0 Å². The fourth-order valence-corrected chi connectivity index (χ4v) is 1.80. The van der Waals surface area contributed by atoms with Crippen LogP contribution in [0.1, 0.15) is 18.7 Å². The second-order valence-electron chi connectivity index (χ2n) is 3.10. The normalized spacial score (nSPS) is 12.5. The first-order valence-corrected chi connectivity index (χ1v) is 5.33. The lowest BCUT2D eigenvalue weighted by Crippen LogP contribution is -2.18. The largest absolute Gasteiger partial charge is 0.387 e. The summed E-state index contributed by atoms with van der Waals surface area (Å²) in [7, 11) is 0. The molecule has 0 atom stereocenters. The van der Waals surface area contributed by atoms with Gasteiger partial charge < -0.3 is 5.73 Å². The average molecular weight is 217 g/mol. The van der Waals surface area contributed by atoms with Crippen LogP contribution in [0.2, 0.25) is 4.34 Å². The van der Waals surface area contributed by atoms with Gasteiger partial charge in [0, 0.05) is 10.8 Å². The van der Waals surface area contributed by atoms with Crippen molar-refractivity contribution >= 4 is 28.8 Å². The van der Waals surface area contributed by atoms with Crippen LogP contribution in [0, 0.1) is 5.92 Å². The molecule has 0 amide bonds. The molecule has 1 aromatic rings. The fourth-order valence-electron chi connectivity index (χ4n) is 0.789. The van der Waals surface area contributed by atoms with E-state index in [1.807, 2.05) is 26.0 Å². The molecule has 0 spiro atoms. The zero-order chi connectivity index (χ0) is 9.84. The first-order valence-electron chi connectivity index (χ1n) is 4.13. The van der Waals surface area contributed by atoms with Crippen molar-refractivity contribution in [3.8, 4) is 0 Å². The Morgan fingerprint density at radius 1 is 1.62 bits per heavy atom. The molecule has 1 rings (SSSR count). The van der Waals surface area contributed by atoms with E-state index in [1.165, 1.54) is 0 Å². The molecule has 0 radical (unpaired) electrons. The highest BCUT2D eigenvalue weighted by molar-refractivity contribution is 7.16. The Bertz CT molecular complexity index is 304. The monoisotopic (exact) mass is 216 g/mol. The zero-order valence-corrected chi connectivity index (χ0v) is 9.32. The second-order valence-corrected chi connectivity index (χ2v) is 4.90. The minimum absolute atomic E-state index is 0.315. The van der Waals surface area contributed by atoms with Crippen molar-refractivity contribution in [2.45, 2.75) is 20.4 Å². The summed E-state index contributed by atoms with van der Waals surface area (Å²) in [4.78, 5) is 5.40. The molecule has 0 saturated carbocycles. The summed E-state index contributed by atoms with van der Waals surface area (Å²) in [5.41, 5.74) is 5.69. The van der Waals surface area contributed by atoms with Gasteiger partial charge in [-0.15, -0.1) is 11.3 Å². The summed E-state index contributed by atoms with van der Waals surface area (Å²) < 4.78 is 0.799. The van der Waals surface area contributed by atoms with Crippen LogP contribution < -0.4 is 5.73 Å². The lowest BCUT2D eigenvalue weighted by atomic mass is 10.2. The molecule has 4 heteroatoms. The summed E-state index contributed by atoms with van der Waals surface area (Å²) in [5, 5.41) is 0. The molecule has 0 bridgehead atoms. The number of halogens is 1. The molecule has 0 aromatic carbocycles. The number of hydrogen-bond donors (Lipinski definition) is 1. The van der Waals surface area contributed by atoms with Crippen molar-refractivity contribution in [3.05, 3.63) is 21.3 Å². The lowest BCUT2D eigenvalue weighted by Gasteiger charge is -2.02. The van der Waals surface area contributed by atoms with Gasteiger partial charge in [0.2, 0.25) is 0 Å². The van der Waals surface area contributed by atoms with E-state index in [4.69, 9.17) is 17.3 Å². The quantitative estimate of drug-likeness (QED) is 0.613. The SMILES string of the molecule is CC(C)C(N)=NCc1ccc(Cl)s1. The summed E-state index contributed by atoms with van der Waals surface area (Å²) in [6, 6.07) is 3.85. The van der Waals surface area contributed by atoms with Gasteiger partial charge in [0.1, 0.15) is 0 Å². The number of nitrogens with two attached hydrogens (primary N) is 1. The van der Waals surface area contributed by atoms with E-state index in [1.54, 1.807) is 11.3 Å². The van der Waals surface area contributed by atoms with E-state index < -0.39 is 0 Å². The molecule has 0 fully saturated rings. The number of rotatable bonds is 3. The highest BCUT2D eigenvalue weighted by atomic mass is 35.5. The molecule has 2 nitrogen and oxygen atoms in total. The van der Waals surface area contributed by atoms with Crippen molar-refractivity contribution in [1.29, 1.82) is 0 Å². The minimum Gasteiger partial charge on any atom is -0.387 e. The van der Waals surface area contributed by atoms with Crippen LogP contribution in [0.3, 0.4) is 0 Å². The van der Waals surface area contributed by atoms with Crippen LogP contribution in [0.5, 0.6) is 0 Å². The molecule has 0 aliphatic rings. The van der Waals surface area contributed by atoms with Crippen molar-refractivity contribution in [1.82, 2.24) is 0 Å². The molecule has 0 aliphatic heterocycles. The van der Waals surface area contributed by atoms with Gasteiger partial charge in [-0.1, -0.05) is 25.4 Å². The average Bonchev–Trinajstić information content (AvgIpc) is 2.47. The van der Waals surface area contributed by atoms with Crippen LogP contribution in [-0.4, -0.2) is 5.84 Å². The van der Waals surface area contributed by atoms with Crippen LogP contribution >= 0.6 is 22.9 Å². The van der Waals surface area contributed by atoms with E-state index in [0.29, 0.717) is 18.3 Å². The molecular weight excluding hydrogens is 204 g/mol. The summed E-state index contributed by atoms with van der Waals surface area (Å²) >= 11 is 7.32. The molecule has 72 valence electrons. The maximum atomic E-state index is 5.78. The maximum Gasteiger partial charge on any atom is 0.0967 e. The van der Waals surface area contributed by atoms with E-state index >= 15 is 0 Å². The van der Waals surface area contributed by atoms with E-state index in [9.17, 15) is 0 Å². The van der Waals surface area contributed by atoms with Crippen molar-refractivity contribution in [2.75, 3.05) is 0 Å². The van der Waals surface area contributed by atoms with Crippen LogP contribution in [0.15, 0.2) is 17.1 Å². The molecule has 0 aliphatic carbocycles. The van der Waals surface area contributed by atoms with Gasteiger partial charge in [-0.2, -0.15) is 0 Å². The molecule has 13 heavy (non-hydrogen) atoms. The second kappa shape index (κ2) is 4.63. The smallest absolute Gasteiger partial charge is 0.0967 e. The number of hydrogen-bond acceptors (Lipinski definition) is 2. The Morgan fingerprint density at radius 2 is 2.31 bits per heavy atom. The van der Waals surface area contributed by atoms with Crippen LogP contribution in [-0.2, 0) is 6.54 Å². The summed E-state index contributed by atoms with van der Waals surface area (Å²) in [5.74, 6) is 1.01. The molecule has 1 heterocycles. The van der Waals surface area contributed by atoms with Gasteiger partial charge in [0.15, 0.2) is 0 Å². The van der Waals surface area contributed by atoms with Gasteiger partial charge in [-0.25, -0.2) is 0 Å². The Labute approximate surface area is 87.4 Å². The van der Waals surface area contributed by atoms with Crippen LogP contribution in [0.25, 0.3) is 0 Å². The Hall–Kier alpha value is -0.540. The Morgan fingerprint density at radius 3 is 2.77 bits per heavy atom. The van der Waals surface area contributed by atoms with Gasteiger partial charge in [0.25, 0.3) is 0 Å². The van der Waals surface area contributed by atoms with E-state index in [-0.39, 0.29) is 0 Å². The third-order valence-corrected chi connectivity index (χ3v) is 2.85. The van der Waals surface area contributed by atoms with Gasteiger partial charge in [-0.05, 0) is 12.1 Å². The highest BCUT2D eigenvalue weighted by Crippen LogP contribution is 2.21. The summed E-state index contributed by atoms with van der Waals surface area (Å²) in [6.07, 6.45) is 0. The first kappa shape index (κ1) is 10.5. The lowest BCUT2D eigenvalue weighted by molar-refractivity contribution is 0.857. The summed E-state index contributed by atoms with van der Waals surface area (Å²) in [6.45, 7) is 4.70. The van der Waals surface area contributed by atoms with Gasteiger partial charge in [-0.3, -0.25) is 4.99 Å². The van der Waals surface area contributed by atoms with Crippen molar-refractivity contribution in [3.63, 3.8) is 0 Å². The van der Waals surface area contributed by atoms with Crippen molar-refractivity contribution < 1.29 is 0 Å². The third kappa shape index (κ3) is 3.36. The van der Waals surface area contributed by atoms with E-state index in [2.05, 4.69) is 4.99 Å². The topological polar surface area (TPSA) is 38.4 Å².